The van der Waals surface area contributed by atoms with Crippen molar-refractivity contribution in [3.05, 3.63) is 88.4 Å². The zero-order valence-corrected chi connectivity index (χ0v) is 22.8. The summed E-state index contributed by atoms with van der Waals surface area (Å²) >= 11 is 12.6. The van der Waals surface area contributed by atoms with Crippen molar-refractivity contribution in [1.82, 2.24) is 10.2 Å². The maximum atomic E-state index is 13.7. The van der Waals surface area contributed by atoms with E-state index in [1.807, 2.05) is 0 Å². The van der Waals surface area contributed by atoms with Crippen molar-refractivity contribution in [2.24, 2.45) is 0 Å². The topological polar surface area (TPSA) is 96.0 Å². The minimum absolute atomic E-state index is 0.0162. The first kappa shape index (κ1) is 28.3. The number of hydrogen-bond acceptors (Lipinski definition) is 5. The van der Waals surface area contributed by atoms with Gasteiger partial charge >= 0.3 is 0 Å². The summed E-state index contributed by atoms with van der Waals surface area (Å²) in [6.07, 6.45) is 0. The van der Waals surface area contributed by atoms with E-state index in [4.69, 9.17) is 27.9 Å². The quantitative estimate of drug-likeness (QED) is 0.395. The van der Waals surface area contributed by atoms with Gasteiger partial charge in [0.25, 0.3) is 10.0 Å². The van der Waals surface area contributed by atoms with Gasteiger partial charge in [0.2, 0.25) is 11.8 Å². The van der Waals surface area contributed by atoms with Gasteiger partial charge in [0.15, 0.2) is 0 Å². The predicted molar refractivity (Wildman–Crippen MR) is 145 cm³/mol. The van der Waals surface area contributed by atoms with Gasteiger partial charge in [-0.15, -0.1) is 0 Å². The number of rotatable bonds is 10. The number of benzene rings is 3. The molecule has 0 heterocycles. The zero-order valence-electron chi connectivity index (χ0n) is 20.5. The molecule has 0 unspecified atom stereocenters. The van der Waals surface area contributed by atoms with Crippen molar-refractivity contribution in [2.45, 2.75) is 24.4 Å². The predicted octanol–water partition coefficient (Wildman–Crippen LogP) is 4.36. The molecule has 37 heavy (non-hydrogen) atoms. The summed E-state index contributed by atoms with van der Waals surface area (Å²) in [5.41, 5.74) is 0.770. The number of nitrogens with one attached hydrogen (secondary N) is 1. The van der Waals surface area contributed by atoms with Crippen molar-refractivity contribution in [3.8, 4) is 5.75 Å². The van der Waals surface area contributed by atoms with Crippen LogP contribution in [0.3, 0.4) is 0 Å². The summed E-state index contributed by atoms with van der Waals surface area (Å²) in [6.45, 7) is 1.01. The van der Waals surface area contributed by atoms with E-state index < -0.39 is 34.4 Å². The maximum absolute atomic E-state index is 13.7. The molecule has 0 spiro atoms. The van der Waals surface area contributed by atoms with Crippen molar-refractivity contribution in [2.75, 3.05) is 25.0 Å². The molecule has 3 aromatic carbocycles. The summed E-state index contributed by atoms with van der Waals surface area (Å²) in [5, 5.41) is 2.66. The third-order valence-electron chi connectivity index (χ3n) is 5.74. The second-order valence-electron chi connectivity index (χ2n) is 8.06. The Hall–Kier alpha value is -3.27. The van der Waals surface area contributed by atoms with Crippen LogP contribution in [0.25, 0.3) is 0 Å². The summed E-state index contributed by atoms with van der Waals surface area (Å²) in [7, 11) is -1.22. The zero-order chi connectivity index (χ0) is 27.2. The normalized spacial score (nSPS) is 11.9. The fourth-order valence-corrected chi connectivity index (χ4v) is 5.53. The summed E-state index contributed by atoms with van der Waals surface area (Å²) in [4.78, 5) is 27.5. The average Bonchev–Trinajstić information content (AvgIpc) is 2.91. The summed E-state index contributed by atoms with van der Waals surface area (Å²) < 4.78 is 33.5. The lowest BCUT2D eigenvalue weighted by Gasteiger charge is -2.32. The Kier molecular flexibility index (Phi) is 9.42. The van der Waals surface area contributed by atoms with Crippen molar-refractivity contribution in [1.29, 1.82) is 0 Å². The number of carbonyl (C=O) groups excluding carboxylic acids is 2. The molecule has 0 aliphatic heterocycles. The summed E-state index contributed by atoms with van der Waals surface area (Å²) in [6, 6.07) is 18.3. The number of ether oxygens (including phenoxy) is 1. The Morgan fingerprint density at radius 2 is 1.62 bits per heavy atom. The molecule has 196 valence electrons. The van der Waals surface area contributed by atoms with Crippen LogP contribution in [0.4, 0.5) is 5.69 Å². The molecule has 0 bridgehead atoms. The monoisotopic (exact) mass is 563 g/mol. The highest BCUT2D eigenvalue weighted by Crippen LogP contribution is 2.35. The van der Waals surface area contributed by atoms with Crippen LogP contribution in [0.2, 0.25) is 10.0 Å². The van der Waals surface area contributed by atoms with Gasteiger partial charge in [-0.25, -0.2) is 8.42 Å². The molecule has 0 fully saturated rings. The van der Waals surface area contributed by atoms with Crippen molar-refractivity contribution >= 4 is 50.7 Å². The molecule has 3 rings (SSSR count). The van der Waals surface area contributed by atoms with E-state index >= 15 is 0 Å². The number of nitrogens with zero attached hydrogens (tertiary/aromatic N) is 2. The van der Waals surface area contributed by atoms with Gasteiger partial charge in [-0.2, -0.15) is 0 Å². The number of anilines is 1. The SMILES string of the molecule is CNC(=O)[C@@H](C)N(Cc1ccc(OC)cc1)C(=O)CN(c1cccc(Cl)c1Cl)S(=O)(=O)c1ccccc1. The smallest absolute Gasteiger partial charge is 0.264 e. The Labute approximate surface area is 226 Å². The van der Waals surface area contributed by atoms with E-state index in [0.29, 0.717) is 5.75 Å². The van der Waals surface area contributed by atoms with E-state index in [1.54, 1.807) is 62.6 Å². The number of methoxy groups -OCH3 is 1. The molecule has 0 aliphatic carbocycles. The lowest BCUT2D eigenvalue weighted by atomic mass is 10.1. The highest BCUT2D eigenvalue weighted by molar-refractivity contribution is 7.92. The Bertz CT molecular complexity index is 1350. The second kappa shape index (κ2) is 12.3. The lowest BCUT2D eigenvalue weighted by molar-refractivity contribution is -0.139. The molecule has 8 nitrogen and oxygen atoms in total. The molecule has 0 saturated heterocycles. The van der Waals surface area contributed by atoms with Gasteiger partial charge in [-0.1, -0.05) is 59.6 Å². The molecular formula is C26H27Cl2N3O5S. The fraction of sp³-hybridized carbons (Fsp3) is 0.231. The third kappa shape index (κ3) is 6.54. The molecular weight excluding hydrogens is 537 g/mol. The first-order valence-corrected chi connectivity index (χ1v) is 13.5. The number of carbonyl (C=O) groups is 2. The Balaban J connectivity index is 2.05. The Morgan fingerprint density at radius 3 is 2.22 bits per heavy atom. The summed E-state index contributed by atoms with van der Waals surface area (Å²) in [5.74, 6) is -0.376. The standard InChI is InChI=1S/C26H27Cl2N3O5S/c1-18(26(33)29-2)30(16-19-12-14-20(36-3)15-13-19)24(32)17-31(23-11-7-10-22(27)25(23)28)37(34,35)21-8-5-4-6-9-21/h4-15,18H,16-17H2,1-3H3,(H,29,33)/t18-/m1/s1. The average molecular weight is 564 g/mol. The van der Waals surface area contributed by atoms with Crippen LogP contribution in [0.1, 0.15) is 12.5 Å². The van der Waals surface area contributed by atoms with Crippen LogP contribution >= 0.6 is 23.2 Å². The third-order valence-corrected chi connectivity index (χ3v) is 8.32. The number of amides is 2. The van der Waals surface area contributed by atoms with Gasteiger partial charge in [0, 0.05) is 13.6 Å². The van der Waals surface area contributed by atoms with E-state index in [1.165, 1.54) is 36.2 Å². The largest absolute Gasteiger partial charge is 0.497 e. The van der Waals surface area contributed by atoms with E-state index in [0.717, 1.165) is 9.87 Å². The van der Waals surface area contributed by atoms with Crippen LogP contribution in [0.15, 0.2) is 77.7 Å². The number of likely N-dealkylation sites (N-methyl/N-ethyl adjacent to an activating group) is 1. The van der Waals surface area contributed by atoms with Crippen LogP contribution in [-0.4, -0.2) is 51.9 Å². The molecule has 1 N–H and O–H groups in total. The molecule has 0 aliphatic rings. The molecule has 0 aromatic heterocycles. The maximum Gasteiger partial charge on any atom is 0.264 e. The molecule has 0 saturated carbocycles. The first-order chi connectivity index (χ1) is 17.6. The Morgan fingerprint density at radius 1 is 0.973 bits per heavy atom. The van der Waals surface area contributed by atoms with Gasteiger partial charge in [-0.05, 0) is 48.9 Å². The van der Waals surface area contributed by atoms with Crippen LogP contribution in [0.5, 0.6) is 5.75 Å². The van der Waals surface area contributed by atoms with Crippen molar-refractivity contribution < 1.29 is 22.7 Å². The minimum Gasteiger partial charge on any atom is -0.497 e. The highest BCUT2D eigenvalue weighted by atomic mass is 35.5. The molecule has 2 amide bonds. The van der Waals surface area contributed by atoms with E-state index in [-0.39, 0.29) is 27.2 Å². The molecule has 11 heteroatoms. The number of hydrogen-bond donors (Lipinski definition) is 1. The minimum atomic E-state index is -4.23. The van der Waals surface area contributed by atoms with Gasteiger partial charge in [0.05, 0.1) is 27.7 Å². The lowest BCUT2D eigenvalue weighted by Crippen LogP contribution is -2.50. The fourth-order valence-electron chi connectivity index (χ4n) is 3.64. The molecule has 3 aromatic rings. The number of sulfonamides is 1. The van der Waals surface area contributed by atoms with Crippen molar-refractivity contribution in [3.63, 3.8) is 0 Å². The van der Waals surface area contributed by atoms with E-state index in [9.17, 15) is 18.0 Å². The van der Waals surface area contributed by atoms with Gasteiger partial charge < -0.3 is 15.0 Å². The van der Waals surface area contributed by atoms with Gasteiger partial charge in [0.1, 0.15) is 18.3 Å². The molecule has 0 radical (unpaired) electrons. The first-order valence-electron chi connectivity index (χ1n) is 11.3. The molecule has 1 atom stereocenters. The van der Waals surface area contributed by atoms with Crippen LogP contribution < -0.4 is 14.4 Å². The van der Waals surface area contributed by atoms with Gasteiger partial charge in [-0.3, -0.25) is 13.9 Å². The number of halogens is 2. The second-order valence-corrected chi connectivity index (χ2v) is 10.7. The highest BCUT2D eigenvalue weighted by Gasteiger charge is 2.33. The van der Waals surface area contributed by atoms with Crippen LogP contribution in [-0.2, 0) is 26.2 Å². The van der Waals surface area contributed by atoms with Crippen LogP contribution in [0, 0.1) is 0 Å². The van der Waals surface area contributed by atoms with E-state index in [2.05, 4.69) is 5.32 Å².